The maximum absolute atomic E-state index is 13.5. The van der Waals surface area contributed by atoms with Crippen LogP contribution < -0.4 is 5.32 Å². The van der Waals surface area contributed by atoms with Crippen molar-refractivity contribution < 1.29 is 9.31 Å². The molecule has 2 aromatic rings. The van der Waals surface area contributed by atoms with Crippen LogP contribution in [0.1, 0.15) is 5.82 Å². The average molecular weight is 354 g/mol. The summed E-state index contributed by atoms with van der Waals surface area (Å²) < 4.78 is 13.4. The Labute approximate surface area is 124 Å². The molecule has 11 heteroatoms. The Morgan fingerprint density at radius 2 is 2.38 bits per heavy atom. The van der Waals surface area contributed by atoms with Gasteiger partial charge in [0, 0.05) is 18.3 Å². The second-order valence-corrected chi connectivity index (χ2v) is 4.44. The standard InChI is InChI=1S/C10H5BrFN7O2/c11-6-1-9(19(20)21)8(2-7(6)12)14-4-5(3-13)10-15-17-18-16-10/h1-2,4,14H,(H,15,16,17,18). The second kappa shape index (κ2) is 6.06. The van der Waals surface area contributed by atoms with Crippen molar-refractivity contribution in [1.29, 1.82) is 5.26 Å². The zero-order valence-corrected chi connectivity index (χ0v) is 11.6. The van der Waals surface area contributed by atoms with Gasteiger partial charge in [0.1, 0.15) is 23.1 Å². The van der Waals surface area contributed by atoms with Crippen LogP contribution in [-0.2, 0) is 0 Å². The van der Waals surface area contributed by atoms with E-state index in [9.17, 15) is 14.5 Å². The smallest absolute Gasteiger partial charge is 0.293 e. The number of aromatic amines is 1. The molecule has 0 aliphatic carbocycles. The van der Waals surface area contributed by atoms with Crippen LogP contribution in [0.5, 0.6) is 0 Å². The third-order valence-electron chi connectivity index (χ3n) is 2.31. The normalized spacial score (nSPS) is 11.0. The molecule has 0 saturated heterocycles. The van der Waals surface area contributed by atoms with Gasteiger partial charge >= 0.3 is 0 Å². The molecule has 0 aliphatic heterocycles. The lowest BCUT2D eigenvalue weighted by Gasteiger charge is -2.04. The van der Waals surface area contributed by atoms with Gasteiger partial charge in [-0.1, -0.05) is 0 Å². The Hall–Kier alpha value is -2.87. The molecule has 0 unspecified atom stereocenters. The van der Waals surface area contributed by atoms with Crippen molar-refractivity contribution >= 4 is 32.9 Å². The van der Waals surface area contributed by atoms with E-state index >= 15 is 0 Å². The molecule has 1 aromatic carbocycles. The van der Waals surface area contributed by atoms with Crippen LogP contribution in [0.15, 0.2) is 22.8 Å². The first-order chi connectivity index (χ1) is 10.0. The van der Waals surface area contributed by atoms with Crippen molar-refractivity contribution in [3.05, 3.63) is 44.6 Å². The zero-order chi connectivity index (χ0) is 15.4. The van der Waals surface area contributed by atoms with E-state index < -0.39 is 10.7 Å². The lowest BCUT2D eigenvalue weighted by molar-refractivity contribution is -0.384. The van der Waals surface area contributed by atoms with E-state index in [1.54, 1.807) is 6.07 Å². The first-order valence-electron chi connectivity index (χ1n) is 5.27. The number of nitro groups is 1. The van der Waals surface area contributed by atoms with E-state index in [4.69, 9.17) is 5.26 Å². The Morgan fingerprint density at radius 1 is 1.62 bits per heavy atom. The lowest BCUT2D eigenvalue weighted by atomic mass is 10.2. The molecule has 2 N–H and O–H groups in total. The van der Waals surface area contributed by atoms with Crippen molar-refractivity contribution in [3.8, 4) is 6.07 Å². The summed E-state index contributed by atoms with van der Waals surface area (Å²) >= 11 is 2.87. The van der Waals surface area contributed by atoms with Crippen LogP contribution >= 0.6 is 15.9 Å². The predicted octanol–water partition coefficient (Wildman–Crippen LogP) is 1.99. The molecule has 21 heavy (non-hydrogen) atoms. The third-order valence-corrected chi connectivity index (χ3v) is 2.92. The topological polar surface area (TPSA) is 133 Å². The largest absolute Gasteiger partial charge is 0.355 e. The van der Waals surface area contributed by atoms with E-state index in [0.29, 0.717) is 0 Å². The average Bonchev–Trinajstić information content (AvgIpc) is 2.96. The minimum atomic E-state index is -0.686. The number of H-pyrrole nitrogens is 1. The minimum Gasteiger partial charge on any atom is -0.355 e. The van der Waals surface area contributed by atoms with E-state index in [1.807, 2.05) is 0 Å². The summed E-state index contributed by atoms with van der Waals surface area (Å²) in [5, 5.41) is 35.0. The summed E-state index contributed by atoms with van der Waals surface area (Å²) in [5.41, 5.74) is -0.497. The van der Waals surface area contributed by atoms with Gasteiger partial charge in [0.2, 0.25) is 5.82 Å². The molecule has 9 nitrogen and oxygen atoms in total. The molecule has 0 amide bonds. The number of rotatable bonds is 4. The number of aromatic nitrogens is 4. The van der Waals surface area contributed by atoms with Gasteiger partial charge in [0.15, 0.2) is 0 Å². The monoisotopic (exact) mass is 353 g/mol. The fourth-order valence-electron chi connectivity index (χ4n) is 1.38. The number of hydrogen-bond donors (Lipinski definition) is 2. The van der Waals surface area contributed by atoms with E-state index in [0.717, 1.165) is 18.3 Å². The number of halogens is 2. The summed E-state index contributed by atoms with van der Waals surface area (Å²) in [6.07, 6.45) is 1.13. The number of nitrogens with one attached hydrogen (secondary N) is 2. The van der Waals surface area contributed by atoms with E-state index in [2.05, 4.69) is 41.9 Å². The maximum Gasteiger partial charge on any atom is 0.293 e. The number of nitrogens with zero attached hydrogens (tertiary/aromatic N) is 5. The van der Waals surface area contributed by atoms with Crippen molar-refractivity contribution in [3.63, 3.8) is 0 Å². The zero-order valence-electron chi connectivity index (χ0n) is 10.0. The number of nitro benzene ring substituents is 1. The quantitative estimate of drug-likeness (QED) is 0.487. The second-order valence-electron chi connectivity index (χ2n) is 3.59. The third kappa shape index (κ3) is 3.18. The van der Waals surface area contributed by atoms with Gasteiger partial charge in [0.05, 0.1) is 9.40 Å². The Kier molecular flexibility index (Phi) is 4.19. The molecule has 106 valence electrons. The van der Waals surface area contributed by atoms with Crippen molar-refractivity contribution in [2.24, 2.45) is 0 Å². The highest BCUT2D eigenvalue weighted by Crippen LogP contribution is 2.30. The van der Waals surface area contributed by atoms with Crippen molar-refractivity contribution in [2.45, 2.75) is 0 Å². The van der Waals surface area contributed by atoms with Crippen LogP contribution in [0.25, 0.3) is 5.57 Å². The maximum atomic E-state index is 13.5. The summed E-state index contributed by atoms with van der Waals surface area (Å²) in [6.45, 7) is 0. The summed E-state index contributed by atoms with van der Waals surface area (Å²) in [7, 11) is 0. The summed E-state index contributed by atoms with van der Waals surface area (Å²) in [4.78, 5) is 10.2. The molecule has 0 aliphatic rings. The van der Waals surface area contributed by atoms with E-state index in [-0.39, 0.29) is 27.2 Å². The molecule has 1 aromatic heterocycles. The highest BCUT2D eigenvalue weighted by atomic mass is 79.9. The fourth-order valence-corrected chi connectivity index (χ4v) is 1.71. The number of nitriles is 1. The summed E-state index contributed by atoms with van der Waals surface area (Å²) in [6, 6.07) is 3.74. The predicted molar refractivity (Wildman–Crippen MR) is 72.1 cm³/mol. The van der Waals surface area contributed by atoms with Crippen LogP contribution in [-0.4, -0.2) is 25.5 Å². The number of anilines is 1. The first kappa shape index (κ1) is 14.5. The number of tetrazole rings is 1. The van der Waals surface area contributed by atoms with E-state index in [1.165, 1.54) is 0 Å². The fraction of sp³-hybridized carbons (Fsp3) is 0. The van der Waals surface area contributed by atoms with Crippen LogP contribution in [0.4, 0.5) is 15.8 Å². The molecular weight excluding hydrogens is 349 g/mol. The van der Waals surface area contributed by atoms with Gasteiger partial charge < -0.3 is 5.32 Å². The SMILES string of the molecule is N#CC(=CNc1cc(F)c(Br)cc1[N+](=O)[O-])c1nn[nH]n1. The van der Waals surface area contributed by atoms with Gasteiger partial charge in [-0.05, 0) is 21.1 Å². The molecule has 1 heterocycles. The Balaban J connectivity index is 2.38. The van der Waals surface area contributed by atoms with Gasteiger partial charge in [-0.15, -0.1) is 10.2 Å². The number of allylic oxidation sites excluding steroid dienone is 1. The molecule has 0 saturated carbocycles. The minimum absolute atomic E-state index is 0.00485. The van der Waals surface area contributed by atoms with Gasteiger partial charge in [0.25, 0.3) is 5.69 Å². The summed E-state index contributed by atoms with van der Waals surface area (Å²) in [5.74, 6) is -0.681. The molecular formula is C10H5BrFN7O2. The Bertz CT molecular complexity index is 754. The highest BCUT2D eigenvalue weighted by molar-refractivity contribution is 9.10. The molecule has 2 rings (SSSR count). The number of hydrogen-bond acceptors (Lipinski definition) is 7. The Morgan fingerprint density at radius 3 is 2.95 bits per heavy atom. The molecule has 0 atom stereocenters. The van der Waals surface area contributed by atoms with Gasteiger partial charge in [-0.25, -0.2) is 4.39 Å². The molecule has 0 bridgehead atoms. The number of benzene rings is 1. The van der Waals surface area contributed by atoms with Gasteiger partial charge in [-0.3, -0.25) is 10.1 Å². The van der Waals surface area contributed by atoms with Crippen LogP contribution in [0, 0.1) is 27.3 Å². The van der Waals surface area contributed by atoms with Crippen molar-refractivity contribution in [2.75, 3.05) is 5.32 Å². The van der Waals surface area contributed by atoms with Crippen LogP contribution in [0.3, 0.4) is 0 Å². The molecule has 0 radical (unpaired) electrons. The van der Waals surface area contributed by atoms with Crippen molar-refractivity contribution in [1.82, 2.24) is 20.6 Å². The van der Waals surface area contributed by atoms with Crippen LogP contribution in [0.2, 0.25) is 0 Å². The molecule has 0 spiro atoms. The highest BCUT2D eigenvalue weighted by Gasteiger charge is 2.17. The molecule has 0 fully saturated rings. The lowest BCUT2D eigenvalue weighted by Crippen LogP contribution is -1.99. The van der Waals surface area contributed by atoms with Gasteiger partial charge in [-0.2, -0.15) is 10.5 Å². The first-order valence-corrected chi connectivity index (χ1v) is 6.06.